The van der Waals surface area contributed by atoms with Gasteiger partial charge in [0, 0.05) is 17.1 Å². The molecule has 2 atom stereocenters. The second kappa shape index (κ2) is 6.85. The highest BCUT2D eigenvalue weighted by atomic mass is 79.9. The number of aliphatic hydroxyl groups excluding tert-OH is 1. The molecule has 0 aromatic heterocycles. The highest BCUT2D eigenvalue weighted by Crippen LogP contribution is 2.19. The molecule has 2 aromatic rings. The molecule has 2 aromatic carbocycles. The van der Waals surface area contributed by atoms with E-state index in [4.69, 9.17) is 0 Å². The molecule has 19 heavy (non-hydrogen) atoms. The molecule has 0 aliphatic carbocycles. The molecule has 0 saturated carbocycles. The third-order valence-electron chi connectivity index (χ3n) is 3.15. The summed E-state index contributed by atoms with van der Waals surface area (Å²) in [5.74, 6) is 0. The predicted molar refractivity (Wildman–Crippen MR) is 82.0 cm³/mol. The second-order valence-electron chi connectivity index (χ2n) is 4.61. The quantitative estimate of drug-likeness (QED) is 0.877. The third-order valence-corrected chi connectivity index (χ3v) is 3.64. The van der Waals surface area contributed by atoms with Crippen molar-refractivity contribution in [2.45, 2.75) is 19.1 Å². The highest BCUT2D eigenvalue weighted by molar-refractivity contribution is 9.10. The van der Waals surface area contributed by atoms with Crippen molar-refractivity contribution in [3.05, 3.63) is 70.2 Å². The van der Waals surface area contributed by atoms with Gasteiger partial charge in [-0.3, -0.25) is 0 Å². The lowest BCUT2D eigenvalue weighted by Crippen LogP contribution is -2.24. The Morgan fingerprint density at radius 1 is 1.05 bits per heavy atom. The molecule has 0 aliphatic heterocycles. The zero-order valence-corrected chi connectivity index (χ0v) is 12.5. The maximum Gasteiger partial charge on any atom is 0.0914 e. The summed E-state index contributed by atoms with van der Waals surface area (Å²) in [6.07, 6.45) is -0.476. The van der Waals surface area contributed by atoms with Crippen LogP contribution in [0.4, 0.5) is 0 Å². The van der Waals surface area contributed by atoms with Gasteiger partial charge in [-0.05, 0) is 30.2 Å². The zero-order valence-electron chi connectivity index (χ0n) is 10.9. The molecule has 1 unspecified atom stereocenters. The summed E-state index contributed by atoms with van der Waals surface area (Å²) >= 11 is 3.47. The van der Waals surface area contributed by atoms with E-state index in [9.17, 15) is 5.11 Å². The molecule has 2 rings (SSSR count). The van der Waals surface area contributed by atoms with Crippen LogP contribution in [-0.2, 0) is 0 Å². The number of nitrogens with one attached hydrogen (secondary N) is 1. The SMILES string of the molecule is C[C@H](NCC(O)c1ccccc1)c1cccc(Br)c1. The Bertz CT molecular complexity index is 515. The number of hydrogen-bond donors (Lipinski definition) is 2. The minimum absolute atomic E-state index is 0.205. The van der Waals surface area contributed by atoms with E-state index < -0.39 is 6.10 Å². The topological polar surface area (TPSA) is 32.3 Å². The van der Waals surface area contributed by atoms with E-state index in [1.807, 2.05) is 42.5 Å². The van der Waals surface area contributed by atoms with E-state index in [1.165, 1.54) is 5.56 Å². The van der Waals surface area contributed by atoms with E-state index in [2.05, 4.69) is 40.3 Å². The molecule has 0 spiro atoms. The lowest BCUT2D eigenvalue weighted by molar-refractivity contribution is 0.171. The van der Waals surface area contributed by atoms with Gasteiger partial charge in [-0.1, -0.05) is 58.4 Å². The average Bonchev–Trinajstić information content (AvgIpc) is 2.45. The molecule has 0 saturated heterocycles. The minimum atomic E-state index is -0.476. The van der Waals surface area contributed by atoms with E-state index in [1.54, 1.807) is 0 Å². The van der Waals surface area contributed by atoms with Crippen molar-refractivity contribution in [1.82, 2.24) is 5.32 Å². The van der Waals surface area contributed by atoms with Crippen molar-refractivity contribution in [2.24, 2.45) is 0 Å². The van der Waals surface area contributed by atoms with Crippen LogP contribution in [0.2, 0.25) is 0 Å². The Hall–Kier alpha value is -1.16. The molecule has 0 amide bonds. The summed E-state index contributed by atoms with van der Waals surface area (Å²) < 4.78 is 1.07. The molecule has 0 aliphatic rings. The second-order valence-corrected chi connectivity index (χ2v) is 5.53. The molecular formula is C16H18BrNO. The summed E-state index contributed by atoms with van der Waals surface area (Å²) in [5.41, 5.74) is 2.14. The lowest BCUT2D eigenvalue weighted by Gasteiger charge is -2.18. The van der Waals surface area contributed by atoms with Gasteiger partial charge in [0.1, 0.15) is 0 Å². The minimum Gasteiger partial charge on any atom is -0.387 e. The largest absolute Gasteiger partial charge is 0.387 e. The van der Waals surface area contributed by atoms with Crippen LogP contribution in [0, 0.1) is 0 Å². The van der Waals surface area contributed by atoms with Crippen molar-refractivity contribution in [1.29, 1.82) is 0 Å². The Morgan fingerprint density at radius 2 is 1.74 bits per heavy atom. The predicted octanol–water partition coefficient (Wildman–Crippen LogP) is 3.83. The standard InChI is InChI=1S/C16H18BrNO/c1-12(14-8-5-9-15(17)10-14)18-11-16(19)13-6-3-2-4-7-13/h2-10,12,16,18-19H,11H2,1H3/t12-,16?/m0/s1. The fraction of sp³-hybridized carbons (Fsp3) is 0.250. The summed E-state index contributed by atoms with van der Waals surface area (Å²) in [6, 6.07) is 18.1. The van der Waals surface area contributed by atoms with Crippen LogP contribution in [0.15, 0.2) is 59.1 Å². The summed E-state index contributed by atoms with van der Waals surface area (Å²) in [7, 11) is 0. The smallest absolute Gasteiger partial charge is 0.0914 e. The molecule has 0 radical (unpaired) electrons. The molecule has 2 nitrogen and oxygen atoms in total. The van der Waals surface area contributed by atoms with Gasteiger partial charge in [-0.2, -0.15) is 0 Å². The summed E-state index contributed by atoms with van der Waals surface area (Å²) in [4.78, 5) is 0. The third kappa shape index (κ3) is 4.16. The number of halogens is 1. The first kappa shape index (κ1) is 14.3. The van der Waals surface area contributed by atoms with Gasteiger partial charge in [0.25, 0.3) is 0 Å². The Balaban J connectivity index is 1.92. The van der Waals surface area contributed by atoms with Crippen molar-refractivity contribution in [3.8, 4) is 0 Å². The molecule has 100 valence electrons. The van der Waals surface area contributed by atoms with Crippen molar-refractivity contribution < 1.29 is 5.11 Å². The summed E-state index contributed by atoms with van der Waals surface area (Å²) in [5, 5.41) is 13.5. The van der Waals surface area contributed by atoms with Crippen LogP contribution in [0.3, 0.4) is 0 Å². The number of aliphatic hydroxyl groups is 1. The van der Waals surface area contributed by atoms with Gasteiger partial charge in [-0.25, -0.2) is 0 Å². The van der Waals surface area contributed by atoms with Crippen molar-refractivity contribution >= 4 is 15.9 Å². The Morgan fingerprint density at radius 3 is 2.42 bits per heavy atom. The zero-order chi connectivity index (χ0) is 13.7. The molecule has 0 heterocycles. The molecule has 0 bridgehead atoms. The summed E-state index contributed by atoms with van der Waals surface area (Å²) in [6.45, 7) is 2.64. The Kier molecular flexibility index (Phi) is 5.14. The maximum absolute atomic E-state index is 10.1. The Labute approximate surface area is 122 Å². The van der Waals surface area contributed by atoms with Crippen LogP contribution < -0.4 is 5.32 Å². The fourth-order valence-corrected chi connectivity index (χ4v) is 2.39. The number of rotatable bonds is 5. The lowest BCUT2D eigenvalue weighted by atomic mass is 10.1. The maximum atomic E-state index is 10.1. The van der Waals surface area contributed by atoms with Crippen LogP contribution in [0.25, 0.3) is 0 Å². The van der Waals surface area contributed by atoms with Gasteiger partial charge in [0.05, 0.1) is 6.10 Å². The van der Waals surface area contributed by atoms with Crippen LogP contribution >= 0.6 is 15.9 Å². The van der Waals surface area contributed by atoms with Crippen molar-refractivity contribution in [3.63, 3.8) is 0 Å². The first-order valence-corrected chi connectivity index (χ1v) is 7.18. The van der Waals surface area contributed by atoms with Gasteiger partial charge in [-0.15, -0.1) is 0 Å². The highest BCUT2D eigenvalue weighted by Gasteiger charge is 2.10. The molecular weight excluding hydrogens is 302 g/mol. The van der Waals surface area contributed by atoms with Gasteiger partial charge >= 0.3 is 0 Å². The normalized spacial score (nSPS) is 14.1. The number of hydrogen-bond acceptors (Lipinski definition) is 2. The molecule has 2 N–H and O–H groups in total. The van der Waals surface area contributed by atoms with Gasteiger partial charge in [0.2, 0.25) is 0 Å². The van der Waals surface area contributed by atoms with Crippen molar-refractivity contribution in [2.75, 3.05) is 6.54 Å². The van der Waals surface area contributed by atoms with E-state index in [0.29, 0.717) is 6.54 Å². The first-order valence-electron chi connectivity index (χ1n) is 6.38. The van der Waals surface area contributed by atoms with Crippen LogP contribution in [0.5, 0.6) is 0 Å². The van der Waals surface area contributed by atoms with E-state index >= 15 is 0 Å². The van der Waals surface area contributed by atoms with Gasteiger partial charge < -0.3 is 10.4 Å². The molecule has 3 heteroatoms. The number of benzene rings is 2. The van der Waals surface area contributed by atoms with Crippen LogP contribution in [0.1, 0.15) is 30.2 Å². The van der Waals surface area contributed by atoms with Crippen LogP contribution in [-0.4, -0.2) is 11.7 Å². The average molecular weight is 320 g/mol. The molecule has 0 fully saturated rings. The monoisotopic (exact) mass is 319 g/mol. The van der Waals surface area contributed by atoms with Gasteiger partial charge in [0.15, 0.2) is 0 Å². The van der Waals surface area contributed by atoms with E-state index in [-0.39, 0.29) is 6.04 Å². The fourth-order valence-electron chi connectivity index (χ4n) is 1.98. The van der Waals surface area contributed by atoms with E-state index in [0.717, 1.165) is 10.0 Å². The first-order chi connectivity index (χ1) is 9.16.